The van der Waals surface area contributed by atoms with Crippen LogP contribution in [0.5, 0.6) is 0 Å². The fraction of sp³-hybridized carbons (Fsp3) is 0.375. The summed E-state index contributed by atoms with van der Waals surface area (Å²) in [4.78, 5) is 11.3. The van der Waals surface area contributed by atoms with Crippen molar-refractivity contribution in [3.8, 4) is 0 Å². The topological polar surface area (TPSA) is 41.1 Å². The van der Waals surface area contributed by atoms with Crippen molar-refractivity contribution in [2.24, 2.45) is 0 Å². The third-order valence-electron chi connectivity index (χ3n) is 3.20. The van der Waals surface area contributed by atoms with Crippen LogP contribution in [0.3, 0.4) is 0 Å². The van der Waals surface area contributed by atoms with Crippen molar-refractivity contribution in [3.05, 3.63) is 41.6 Å². The molecule has 0 bridgehead atoms. The van der Waals surface area contributed by atoms with E-state index in [1.165, 1.54) is 5.56 Å². The van der Waals surface area contributed by atoms with Crippen LogP contribution in [0.25, 0.3) is 0 Å². The molecule has 1 heterocycles. The molecule has 1 N–H and O–H groups in total. The number of aromatic nitrogens is 2. The summed E-state index contributed by atoms with van der Waals surface area (Å²) in [5, 5.41) is 3.28. The Bertz CT molecular complexity index is 576. The second kappa shape index (κ2) is 6.37. The molecule has 4 nitrogen and oxygen atoms in total. The number of hydrogen-bond donors (Lipinski definition) is 1. The Labute approximate surface area is 120 Å². The molecule has 0 aliphatic rings. The zero-order valence-electron chi connectivity index (χ0n) is 12.6. The first-order valence-electron chi connectivity index (χ1n) is 7.06. The Morgan fingerprint density at radius 1 is 1.05 bits per heavy atom. The average Bonchev–Trinajstić information content (AvgIpc) is 2.39. The lowest BCUT2D eigenvalue weighted by molar-refractivity contribution is 0.840. The summed E-state index contributed by atoms with van der Waals surface area (Å²) >= 11 is 0. The smallest absolute Gasteiger partial charge is 0.229 e. The van der Waals surface area contributed by atoms with Crippen LogP contribution in [-0.2, 0) is 0 Å². The summed E-state index contributed by atoms with van der Waals surface area (Å²) in [6.45, 7) is 10.2. The lowest BCUT2D eigenvalue weighted by atomic mass is 10.2. The van der Waals surface area contributed by atoms with E-state index in [9.17, 15) is 0 Å². The number of anilines is 3. The van der Waals surface area contributed by atoms with Gasteiger partial charge in [-0.15, -0.1) is 0 Å². The van der Waals surface area contributed by atoms with Crippen LogP contribution in [0.15, 0.2) is 30.3 Å². The standard InChI is InChI=1S/C16H22N4/c1-5-20(6-2)15-11-13(4)17-16(19-15)18-14-9-7-8-12(3)10-14/h7-11H,5-6H2,1-4H3,(H,17,18,19). The Morgan fingerprint density at radius 2 is 1.80 bits per heavy atom. The van der Waals surface area contributed by atoms with Crippen molar-refractivity contribution < 1.29 is 0 Å². The van der Waals surface area contributed by atoms with Gasteiger partial charge in [0.15, 0.2) is 0 Å². The number of benzene rings is 1. The molecule has 0 aliphatic carbocycles. The molecule has 0 atom stereocenters. The van der Waals surface area contributed by atoms with Crippen molar-refractivity contribution in [2.45, 2.75) is 27.7 Å². The molecule has 106 valence electrons. The third kappa shape index (κ3) is 3.47. The lowest BCUT2D eigenvalue weighted by Crippen LogP contribution is -2.23. The first-order valence-corrected chi connectivity index (χ1v) is 7.06. The van der Waals surface area contributed by atoms with Crippen LogP contribution in [0.2, 0.25) is 0 Å². The minimum absolute atomic E-state index is 0.650. The van der Waals surface area contributed by atoms with E-state index < -0.39 is 0 Å². The van der Waals surface area contributed by atoms with Crippen molar-refractivity contribution in [2.75, 3.05) is 23.3 Å². The SMILES string of the molecule is CCN(CC)c1cc(C)nc(Nc2cccc(C)c2)n1. The maximum Gasteiger partial charge on any atom is 0.229 e. The number of nitrogens with zero attached hydrogens (tertiary/aromatic N) is 3. The van der Waals surface area contributed by atoms with Crippen LogP contribution in [-0.4, -0.2) is 23.1 Å². The molecule has 0 amide bonds. The molecule has 2 aromatic rings. The largest absolute Gasteiger partial charge is 0.357 e. The molecule has 0 aliphatic heterocycles. The molecule has 0 saturated heterocycles. The zero-order chi connectivity index (χ0) is 14.5. The first-order chi connectivity index (χ1) is 9.62. The van der Waals surface area contributed by atoms with Gasteiger partial charge >= 0.3 is 0 Å². The average molecular weight is 270 g/mol. The highest BCUT2D eigenvalue weighted by Crippen LogP contribution is 2.18. The number of aryl methyl sites for hydroxylation is 2. The number of hydrogen-bond acceptors (Lipinski definition) is 4. The van der Waals surface area contributed by atoms with Gasteiger partial charge in [-0.3, -0.25) is 0 Å². The van der Waals surface area contributed by atoms with Crippen LogP contribution < -0.4 is 10.2 Å². The molecule has 0 saturated carbocycles. The van der Waals surface area contributed by atoms with E-state index in [0.29, 0.717) is 5.95 Å². The second-order valence-corrected chi connectivity index (χ2v) is 4.86. The highest BCUT2D eigenvalue weighted by atomic mass is 15.2. The van der Waals surface area contributed by atoms with E-state index in [2.05, 4.69) is 53.1 Å². The Morgan fingerprint density at radius 3 is 2.45 bits per heavy atom. The molecule has 1 aromatic carbocycles. The molecular weight excluding hydrogens is 248 g/mol. The van der Waals surface area contributed by atoms with Crippen LogP contribution in [0.4, 0.5) is 17.5 Å². The summed E-state index contributed by atoms with van der Waals surface area (Å²) in [5.41, 5.74) is 3.20. The lowest BCUT2D eigenvalue weighted by Gasteiger charge is -2.20. The molecular formula is C16H22N4. The number of nitrogens with one attached hydrogen (secondary N) is 1. The fourth-order valence-corrected chi connectivity index (χ4v) is 2.17. The van der Waals surface area contributed by atoms with Crippen molar-refractivity contribution in [3.63, 3.8) is 0 Å². The van der Waals surface area contributed by atoms with Gasteiger partial charge in [-0.2, -0.15) is 4.98 Å². The normalized spacial score (nSPS) is 10.4. The van der Waals surface area contributed by atoms with Gasteiger partial charge in [0.2, 0.25) is 5.95 Å². The molecule has 0 unspecified atom stereocenters. The summed E-state index contributed by atoms with van der Waals surface area (Å²) in [6, 6.07) is 10.2. The monoisotopic (exact) mass is 270 g/mol. The zero-order valence-corrected chi connectivity index (χ0v) is 12.6. The third-order valence-corrected chi connectivity index (χ3v) is 3.20. The van der Waals surface area contributed by atoms with Crippen LogP contribution >= 0.6 is 0 Å². The molecule has 0 radical (unpaired) electrons. The molecule has 20 heavy (non-hydrogen) atoms. The maximum absolute atomic E-state index is 4.60. The van der Waals surface area contributed by atoms with E-state index in [4.69, 9.17) is 0 Å². The summed E-state index contributed by atoms with van der Waals surface area (Å²) in [5.74, 6) is 1.62. The Balaban J connectivity index is 2.28. The second-order valence-electron chi connectivity index (χ2n) is 4.86. The van der Waals surface area contributed by atoms with E-state index in [1.54, 1.807) is 0 Å². The molecule has 2 rings (SSSR count). The highest BCUT2D eigenvalue weighted by molar-refractivity contribution is 5.56. The fourth-order valence-electron chi connectivity index (χ4n) is 2.17. The summed E-state index contributed by atoms with van der Waals surface area (Å²) in [6.07, 6.45) is 0. The first kappa shape index (κ1) is 14.3. The molecule has 0 spiro atoms. The summed E-state index contributed by atoms with van der Waals surface area (Å²) < 4.78 is 0. The van der Waals surface area contributed by atoms with Crippen molar-refractivity contribution in [1.82, 2.24) is 9.97 Å². The van der Waals surface area contributed by atoms with Crippen molar-refractivity contribution in [1.29, 1.82) is 0 Å². The van der Waals surface area contributed by atoms with E-state index in [-0.39, 0.29) is 0 Å². The quantitative estimate of drug-likeness (QED) is 0.899. The van der Waals surface area contributed by atoms with Gasteiger partial charge in [-0.05, 0) is 45.4 Å². The van der Waals surface area contributed by atoms with E-state index >= 15 is 0 Å². The summed E-state index contributed by atoms with van der Waals surface area (Å²) in [7, 11) is 0. The minimum atomic E-state index is 0.650. The Hall–Kier alpha value is -2.10. The van der Waals surface area contributed by atoms with E-state index in [0.717, 1.165) is 30.3 Å². The van der Waals surface area contributed by atoms with Gasteiger partial charge < -0.3 is 10.2 Å². The molecule has 1 aromatic heterocycles. The predicted octanol–water partition coefficient (Wildman–Crippen LogP) is 3.68. The van der Waals surface area contributed by atoms with Gasteiger partial charge in [0.1, 0.15) is 5.82 Å². The van der Waals surface area contributed by atoms with E-state index in [1.807, 2.05) is 25.1 Å². The van der Waals surface area contributed by atoms with Crippen LogP contribution in [0.1, 0.15) is 25.1 Å². The predicted molar refractivity (Wildman–Crippen MR) is 84.8 cm³/mol. The van der Waals surface area contributed by atoms with Gasteiger partial charge in [0, 0.05) is 30.5 Å². The van der Waals surface area contributed by atoms with Crippen LogP contribution in [0, 0.1) is 13.8 Å². The highest BCUT2D eigenvalue weighted by Gasteiger charge is 2.07. The van der Waals surface area contributed by atoms with Gasteiger partial charge in [0.25, 0.3) is 0 Å². The maximum atomic E-state index is 4.60. The van der Waals surface area contributed by atoms with Crippen molar-refractivity contribution >= 4 is 17.5 Å². The van der Waals surface area contributed by atoms with Gasteiger partial charge in [-0.25, -0.2) is 4.98 Å². The molecule has 4 heteroatoms. The molecule has 0 fully saturated rings. The van der Waals surface area contributed by atoms with Gasteiger partial charge in [0.05, 0.1) is 0 Å². The van der Waals surface area contributed by atoms with Gasteiger partial charge in [-0.1, -0.05) is 12.1 Å². The minimum Gasteiger partial charge on any atom is -0.357 e. The number of rotatable bonds is 5. The Kier molecular flexibility index (Phi) is 4.56.